The van der Waals surface area contributed by atoms with Gasteiger partial charge in [0, 0.05) is 28.7 Å². The second-order valence-corrected chi connectivity index (χ2v) is 8.58. The Hall–Kier alpha value is -2.52. The molecular weight excluding hydrogens is 410 g/mol. The third kappa shape index (κ3) is 4.40. The van der Waals surface area contributed by atoms with Gasteiger partial charge in [-0.15, -0.1) is 21.5 Å². The minimum atomic E-state index is -0.362. The number of amides is 1. The van der Waals surface area contributed by atoms with Crippen molar-refractivity contribution in [2.75, 3.05) is 11.9 Å². The summed E-state index contributed by atoms with van der Waals surface area (Å²) < 4.78 is 10.8. The zero-order valence-corrected chi connectivity index (χ0v) is 17.7. The fourth-order valence-electron chi connectivity index (χ4n) is 3.34. The van der Waals surface area contributed by atoms with Crippen molar-refractivity contribution < 1.29 is 18.7 Å². The van der Waals surface area contributed by atoms with Crippen LogP contribution >= 0.6 is 22.7 Å². The van der Waals surface area contributed by atoms with Gasteiger partial charge in [-0.2, -0.15) is 11.3 Å². The number of esters is 1. The van der Waals surface area contributed by atoms with Gasteiger partial charge >= 0.3 is 5.97 Å². The van der Waals surface area contributed by atoms with E-state index in [1.807, 2.05) is 16.8 Å². The van der Waals surface area contributed by atoms with E-state index in [1.54, 1.807) is 18.3 Å². The molecule has 7 nitrogen and oxygen atoms in total. The maximum absolute atomic E-state index is 12.5. The van der Waals surface area contributed by atoms with Gasteiger partial charge in [-0.1, -0.05) is 0 Å². The fourth-order valence-corrected chi connectivity index (χ4v) is 5.26. The summed E-state index contributed by atoms with van der Waals surface area (Å²) in [5, 5.41) is 15.4. The second kappa shape index (κ2) is 8.87. The molecule has 3 heterocycles. The summed E-state index contributed by atoms with van der Waals surface area (Å²) in [6, 6.07) is 1.91. The lowest BCUT2D eigenvalue weighted by molar-refractivity contribution is -0.116. The van der Waals surface area contributed by atoms with E-state index in [2.05, 4.69) is 15.5 Å². The molecule has 1 N–H and O–H groups in total. The molecule has 0 spiro atoms. The van der Waals surface area contributed by atoms with Crippen LogP contribution in [-0.4, -0.2) is 28.7 Å². The van der Waals surface area contributed by atoms with Crippen LogP contribution in [-0.2, 0) is 28.8 Å². The normalized spacial score (nSPS) is 13.1. The molecule has 1 amide bonds. The number of aromatic nitrogens is 2. The lowest BCUT2D eigenvalue weighted by Crippen LogP contribution is -2.16. The van der Waals surface area contributed by atoms with Crippen LogP contribution in [0.25, 0.3) is 11.5 Å². The Morgan fingerprint density at radius 1 is 1.28 bits per heavy atom. The summed E-state index contributed by atoms with van der Waals surface area (Å²) in [5.41, 5.74) is 2.44. The molecule has 0 aromatic carbocycles. The maximum Gasteiger partial charge on any atom is 0.341 e. The highest BCUT2D eigenvalue weighted by Gasteiger charge is 2.27. The fraction of sp³-hybridized carbons (Fsp3) is 0.400. The van der Waals surface area contributed by atoms with Crippen molar-refractivity contribution in [2.24, 2.45) is 0 Å². The summed E-state index contributed by atoms with van der Waals surface area (Å²) in [4.78, 5) is 26.2. The topological polar surface area (TPSA) is 94.3 Å². The van der Waals surface area contributed by atoms with E-state index in [9.17, 15) is 9.59 Å². The smallest absolute Gasteiger partial charge is 0.341 e. The number of rotatable bonds is 7. The first-order chi connectivity index (χ1) is 14.2. The highest BCUT2D eigenvalue weighted by molar-refractivity contribution is 7.17. The van der Waals surface area contributed by atoms with E-state index < -0.39 is 0 Å². The van der Waals surface area contributed by atoms with Crippen LogP contribution in [0, 0.1) is 0 Å². The first-order valence-corrected chi connectivity index (χ1v) is 11.4. The summed E-state index contributed by atoms with van der Waals surface area (Å²) in [6.07, 6.45) is 4.47. The molecule has 0 bridgehead atoms. The van der Waals surface area contributed by atoms with Gasteiger partial charge in [-0.05, 0) is 49.6 Å². The first kappa shape index (κ1) is 19.8. The van der Waals surface area contributed by atoms with E-state index in [0.29, 0.717) is 35.4 Å². The number of aryl methyl sites for hydroxylation is 2. The molecule has 3 aromatic heterocycles. The molecule has 1 aliphatic rings. The van der Waals surface area contributed by atoms with Crippen molar-refractivity contribution >= 4 is 39.6 Å². The molecule has 1 aliphatic carbocycles. The van der Waals surface area contributed by atoms with Gasteiger partial charge in [-0.25, -0.2) is 4.79 Å². The van der Waals surface area contributed by atoms with Gasteiger partial charge in [0.1, 0.15) is 5.00 Å². The quantitative estimate of drug-likeness (QED) is 0.554. The lowest BCUT2D eigenvalue weighted by Gasteiger charge is -2.12. The SMILES string of the molecule is CCOC(=O)c1c(NC(=O)CCc2nnc(-c3ccsc3)o2)sc2c1CCCC2. The Kier molecular flexibility index (Phi) is 6.05. The number of anilines is 1. The Bertz CT molecular complexity index is 1010. The third-order valence-corrected chi connectivity index (χ3v) is 6.60. The van der Waals surface area contributed by atoms with Crippen molar-refractivity contribution in [1.29, 1.82) is 0 Å². The number of fused-ring (bicyclic) bond motifs is 1. The number of carbonyl (C=O) groups excluding carboxylic acids is 2. The molecule has 3 aromatic rings. The number of hydrogen-bond acceptors (Lipinski definition) is 8. The molecule has 152 valence electrons. The van der Waals surface area contributed by atoms with Crippen molar-refractivity contribution in [3.8, 4) is 11.5 Å². The van der Waals surface area contributed by atoms with E-state index in [-0.39, 0.29) is 18.3 Å². The largest absolute Gasteiger partial charge is 0.462 e. The number of carbonyl (C=O) groups is 2. The summed E-state index contributed by atoms with van der Waals surface area (Å²) in [5.74, 6) is 0.318. The Morgan fingerprint density at radius 3 is 2.93 bits per heavy atom. The van der Waals surface area contributed by atoms with Crippen LogP contribution in [0.3, 0.4) is 0 Å². The molecule has 0 radical (unpaired) electrons. The number of nitrogens with one attached hydrogen (secondary N) is 1. The van der Waals surface area contributed by atoms with E-state index >= 15 is 0 Å². The summed E-state index contributed by atoms with van der Waals surface area (Å²) in [6.45, 7) is 2.09. The summed E-state index contributed by atoms with van der Waals surface area (Å²) >= 11 is 3.04. The number of hydrogen-bond donors (Lipinski definition) is 1. The van der Waals surface area contributed by atoms with Crippen LogP contribution < -0.4 is 5.32 Å². The standard InChI is InChI=1S/C20H21N3O4S2/c1-2-26-20(25)17-13-5-3-4-6-14(13)29-19(17)21-15(24)7-8-16-22-23-18(27-16)12-9-10-28-11-12/h9-11H,2-8H2,1H3,(H,21,24). The van der Waals surface area contributed by atoms with Gasteiger partial charge in [0.25, 0.3) is 0 Å². The molecule has 0 fully saturated rings. The number of ether oxygens (including phenoxy) is 1. The molecule has 0 saturated heterocycles. The van der Waals surface area contributed by atoms with Crippen molar-refractivity contribution in [1.82, 2.24) is 10.2 Å². The second-order valence-electron chi connectivity index (χ2n) is 6.70. The zero-order valence-electron chi connectivity index (χ0n) is 16.0. The predicted molar refractivity (Wildman–Crippen MR) is 111 cm³/mol. The molecule has 4 rings (SSSR count). The van der Waals surface area contributed by atoms with E-state index in [0.717, 1.165) is 36.8 Å². The maximum atomic E-state index is 12.5. The van der Waals surface area contributed by atoms with Crippen LogP contribution in [0.2, 0.25) is 0 Å². The first-order valence-electron chi connectivity index (χ1n) is 9.62. The summed E-state index contributed by atoms with van der Waals surface area (Å²) in [7, 11) is 0. The minimum Gasteiger partial charge on any atom is -0.462 e. The molecule has 0 aliphatic heterocycles. The van der Waals surface area contributed by atoms with Crippen LogP contribution in [0.4, 0.5) is 5.00 Å². The predicted octanol–water partition coefficient (Wildman–Crippen LogP) is 4.49. The zero-order chi connectivity index (χ0) is 20.2. The Labute approximate surface area is 176 Å². The third-order valence-electron chi connectivity index (χ3n) is 4.70. The highest BCUT2D eigenvalue weighted by Crippen LogP contribution is 2.38. The van der Waals surface area contributed by atoms with Crippen molar-refractivity contribution in [2.45, 2.75) is 45.4 Å². The van der Waals surface area contributed by atoms with E-state index in [4.69, 9.17) is 9.15 Å². The van der Waals surface area contributed by atoms with Gasteiger partial charge in [0.05, 0.1) is 12.2 Å². The van der Waals surface area contributed by atoms with E-state index in [1.165, 1.54) is 16.2 Å². The lowest BCUT2D eigenvalue weighted by atomic mass is 9.95. The molecule has 29 heavy (non-hydrogen) atoms. The monoisotopic (exact) mass is 431 g/mol. The molecule has 0 unspecified atom stereocenters. The molecular formula is C20H21N3O4S2. The highest BCUT2D eigenvalue weighted by atomic mass is 32.1. The van der Waals surface area contributed by atoms with Gasteiger partial charge in [0.15, 0.2) is 0 Å². The van der Waals surface area contributed by atoms with Crippen LogP contribution in [0.1, 0.15) is 52.9 Å². The Morgan fingerprint density at radius 2 is 2.14 bits per heavy atom. The molecule has 9 heteroatoms. The molecule has 0 saturated carbocycles. The van der Waals surface area contributed by atoms with Gasteiger partial charge in [-0.3, -0.25) is 4.79 Å². The molecule has 0 atom stereocenters. The van der Waals surface area contributed by atoms with Crippen LogP contribution in [0.5, 0.6) is 0 Å². The Balaban J connectivity index is 1.43. The minimum absolute atomic E-state index is 0.190. The van der Waals surface area contributed by atoms with Crippen molar-refractivity contribution in [3.63, 3.8) is 0 Å². The van der Waals surface area contributed by atoms with Crippen molar-refractivity contribution in [3.05, 3.63) is 38.7 Å². The number of nitrogens with zero attached hydrogens (tertiary/aromatic N) is 2. The average Bonchev–Trinajstić information content (AvgIpc) is 3.45. The van der Waals surface area contributed by atoms with Crippen LogP contribution in [0.15, 0.2) is 21.2 Å². The number of thiophene rings is 2. The van der Waals surface area contributed by atoms with Gasteiger partial charge in [0.2, 0.25) is 17.7 Å². The average molecular weight is 432 g/mol. The van der Waals surface area contributed by atoms with Gasteiger partial charge < -0.3 is 14.5 Å².